The zero-order valence-electron chi connectivity index (χ0n) is 9.17. The molecule has 0 unspecified atom stereocenters. The number of aliphatic carboxylic acids is 1. The van der Waals surface area contributed by atoms with Gasteiger partial charge in [-0.1, -0.05) is 0 Å². The fourth-order valence-corrected chi connectivity index (χ4v) is 0.893. The fraction of sp³-hybridized carbons (Fsp3) is 0.625. The summed E-state index contributed by atoms with van der Waals surface area (Å²) < 4.78 is 137. The van der Waals surface area contributed by atoms with Crippen LogP contribution in [0.25, 0.3) is 0 Å². The Labute approximate surface area is 107 Å². The average molecular weight is 340 g/mol. The zero-order valence-corrected chi connectivity index (χ0v) is 9.17. The first-order chi connectivity index (χ1) is 9.03. The van der Waals surface area contributed by atoms with Crippen LogP contribution in [0.3, 0.4) is 0 Å². The van der Waals surface area contributed by atoms with E-state index in [2.05, 4.69) is 0 Å². The standard InChI is InChI=1S/C8H3F11O2/c9-2(1-3(20)21)5(12,13)7(16,17)8(18,19)6(14,15)4(10)11/h1,4H,(H,20,21). The second-order valence-corrected chi connectivity index (χ2v) is 3.48. The Kier molecular flexibility index (Phi) is 4.93. The minimum Gasteiger partial charge on any atom is -0.478 e. The Hall–Kier alpha value is -1.56. The molecule has 0 aliphatic heterocycles. The van der Waals surface area contributed by atoms with E-state index in [1.165, 1.54) is 0 Å². The average Bonchev–Trinajstić information content (AvgIpc) is 2.26. The van der Waals surface area contributed by atoms with E-state index in [9.17, 15) is 53.1 Å². The van der Waals surface area contributed by atoms with Gasteiger partial charge in [0.2, 0.25) is 0 Å². The van der Waals surface area contributed by atoms with Crippen molar-refractivity contribution in [1.29, 1.82) is 0 Å². The second-order valence-electron chi connectivity index (χ2n) is 3.48. The molecule has 0 aromatic carbocycles. The van der Waals surface area contributed by atoms with Gasteiger partial charge in [0, 0.05) is 0 Å². The number of halogens is 11. The third-order valence-corrected chi connectivity index (χ3v) is 2.03. The van der Waals surface area contributed by atoms with Crippen molar-refractivity contribution in [2.45, 2.75) is 30.1 Å². The minimum absolute atomic E-state index is 1.30. The predicted octanol–water partition coefficient (Wildman–Crippen LogP) is 3.73. The van der Waals surface area contributed by atoms with Crippen molar-refractivity contribution < 1.29 is 58.2 Å². The lowest BCUT2D eigenvalue weighted by atomic mass is 9.97. The molecule has 0 heterocycles. The third-order valence-electron chi connectivity index (χ3n) is 2.03. The largest absolute Gasteiger partial charge is 0.478 e. The van der Waals surface area contributed by atoms with Gasteiger partial charge in [0.1, 0.15) is 0 Å². The van der Waals surface area contributed by atoms with Gasteiger partial charge >= 0.3 is 36.1 Å². The number of alkyl halides is 10. The van der Waals surface area contributed by atoms with E-state index in [-0.39, 0.29) is 0 Å². The highest BCUT2D eigenvalue weighted by molar-refractivity contribution is 5.80. The van der Waals surface area contributed by atoms with Crippen molar-refractivity contribution in [2.24, 2.45) is 0 Å². The molecule has 0 aromatic heterocycles. The van der Waals surface area contributed by atoms with Crippen LogP contribution in [-0.4, -0.2) is 41.2 Å². The SMILES string of the molecule is O=C(O)C=C(F)C(F)(F)C(F)(F)C(F)(F)C(F)(F)C(F)F. The number of carbonyl (C=O) groups is 1. The molecule has 0 radical (unpaired) electrons. The Morgan fingerprint density at radius 2 is 1.29 bits per heavy atom. The fourth-order valence-electron chi connectivity index (χ4n) is 0.893. The van der Waals surface area contributed by atoms with E-state index < -0.39 is 48.0 Å². The van der Waals surface area contributed by atoms with E-state index in [0.29, 0.717) is 0 Å². The molecule has 1 N–H and O–H groups in total. The Bertz CT molecular complexity index is 440. The summed E-state index contributed by atoms with van der Waals surface area (Å²) in [6.07, 6.45) is -6.77. The summed E-state index contributed by atoms with van der Waals surface area (Å²) in [5, 5.41) is 7.81. The first-order valence-electron chi connectivity index (χ1n) is 4.43. The van der Waals surface area contributed by atoms with E-state index in [1.807, 2.05) is 0 Å². The molecule has 0 aliphatic carbocycles. The van der Waals surface area contributed by atoms with Gasteiger partial charge < -0.3 is 5.11 Å². The first-order valence-corrected chi connectivity index (χ1v) is 4.43. The molecule has 0 aliphatic rings. The van der Waals surface area contributed by atoms with Gasteiger partial charge in [-0.15, -0.1) is 0 Å². The van der Waals surface area contributed by atoms with Crippen molar-refractivity contribution in [2.75, 3.05) is 0 Å². The van der Waals surface area contributed by atoms with Crippen molar-refractivity contribution in [3.8, 4) is 0 Å². The van der Waals surface area contributed by atoms with Gasteiger partial charge in [0.05, 0.1) is 6.08 Å². The third kappa shape index (κ3) is 2.90. The lowest BCUT2D eigenvalue weighted by Gasteiger charge is -2.35. The van der Waals surface area contributed by atoms with Crippen molar-refractivity contribution in [1.82, 2.24) is 0 Å². The summed E-state index contributed by atoms with van der Waals surface area (Å²) in [4.78, 5) is 9.79. The van der Waals surface area contributed by atoms with Gasteiger partial charge in [-0.2, -0.15) is 35.1 Å². The molecule has 0 atom stereocenters. The van der Waals surface area contributed by atoms with Crippen molar-refractivity contribution in [3.05, 3.63) is 11.9 Å². The molecular weight excluding hydrogens is 337 g/mol. The molecule has 0 amide bonds. The number of carboxylic acid groups (broad SMARTS) is 1. The van der Waals surface area contributed by atoms with Gasteiger partial charge in [0.25, 0.3) is 0 Å². The highest BCUT2D eigenvalue weighted by atomic mass is 19.4. The maximum absolute atomic E-state index is 12.7. The number of rotatable bonds is 6. The molecule has 21 heavy (non-hydrogen) atoms. The van der Waals surface area contributed by atoms with E-state index in [0.717, 1.165) is 0 Å². The summed E-state index contributed by atoms with van der Waals surface area (Å²) >= 11 is 0. The Morgan fingerprint density at radius 1 is 0.905 bits per heavy atom. The summed E-state index contributed by atoms with van der Waals surface area (Å²) in [7, 11) is 0. The molecule has 0 aromatic rings. The molecule has 0 saturated heterocycles. The van der Waals surface area contributed by atoms with Gasteiger partial charge in [-0.3, -0.25) is 0 Å². The van der Waals surface area contributed by atoms with E-state index in [4.69, 9.17) is 5.11 Å². The minimum atomic E-state index is -7.37. The van der Waals surface area contributed by atoms with Crippen LogP contribution in [0.15, 0.2) is 11.9 Å². The van der Waals surface area contributed by atoms with Gasteiger partial charge in [0.15, 0.2) is 5.83 Å². The molecule has 0 saturated carbocycles. The summed E-state index contributed by atoms with van der Waals surface area (Å²) in [5.74, 6) is -34.8. The molecular formula is C8H3F11O2. The number of allylic oxidation sites excluding steroid dienone is 1. The Morgan fingerprint density at radius 3 is 1.57 bits per heavy atom. The highest BCUT2D eigenvalue weighted by Gasteiger charge is 2.84. The van der Waals surface area contributed by atoms with Crippen LogP contribution in [-0.2, 0) is 4.79 Å². The lowest BCUT2D eigenvalue weighted by molar-refractivity contribution is -0.378. The van der Waals surface area contributed by atoms with Crippen molar-refractivity contribution >= 4 is 5.97 Å². The van der Waals surface area contributed by atoms with E-state index >= 15 is 0 Å². The molecule has 0 spiro atoms. The first kappa shape index (κ1) is 19.4. The van der Waals surface area contributed by atoms with Crippen LogP contribution in [0.5, 0.6) is 0 Å². The summed E-state index contributed by atoms with van der Waals surface area (Å²) in [5.41, 5.74) is 0. The number of hydrogen-bond donors (Lipinski definition) is 1. The highest BCUT2D eigenvalue weighted by Crippen LogP contribution is 2.56. The summed E-state index contributed by atoms with van der Waals surface area (Å²) in [6, 6.07) is 0. The second kappa shape index (κ2) is 5.33. The van der Waals surface area contributed by atoms with Gasteiger partial charge in [-0.25, -0.2) is 18.0 Å². The van der Waals surface area contributed by atoms with E-state index in [1.54, 1.807) is 0 Å². The summed E-state index contributed by atoms with van der Waals surface area (Å²) in [6.45, 7) is 0. The predicted molar refractivity (Wildman–Crippen MR) is 42.6 cm³/mol. The quantitative estimate of drug-likeness (QED) is 0.591. The molecule has 0 fully saturated rings. The lowest BCUT2D eigenvalue weighted by Crippen LogP contribution is -2.64. The molecule has 124 valence electrons. The van der Waals surface area contributed by atoms with Crippen LogP contribution in [0.1, 0.15) is 0 Å². The van der Waals surface area contributed by atoms with Crippen LogP contribution >= 0.6 is 0 Å². The van der Waals surface area contributed by atoms with Crippen molar-refractivity contribution in [3.63, 3.8) is 0 Å². The molecule has 2 nitrogen and oxygen atoms in total. The number of carboxylic acids is 1. The monoisotopic (exact) mass is 340 g/mol. The smallest absolute Gasteiger partial charge is 0.385 e. The van der Waals surface area contributed by atoms with Crippen LogP contribution in [0, 0.1) is 0 Å². The zero-order chi connectivity index (χ0) is 17.4. The van der Waals surface area contributed by atoms with Crippen LogP contribution < -0.4 is 0 Å². The topological polar surface area (TPSA) is 37.3 Å². The van der Waals surface area contributed by atoms with Crippen LogP contribution in [0.2, 0.25) is 0 Å². The van der Waals surface area contributed by atoms with Gasteiger partial charge in [-0.05, 0) is 0 Å². The Balaban J connectivity index is 6.02. The maximum Gasteiger partial charge on any atom is 0.385 e. The molecule has 0 bridgehead atoms. The number of hydrogen-bond acceptors (Lipinski definition) is 1. The molecule has 13 heteroatoms. The van der Waals surface area contributed by atoms with Crippen LogP contribution in [0.4, 0.5) is 48.3 Å². The maximum atomic E-state index is 12.7. The molecule has 0 rings (SSSR count). The normalized spacial score (nSPS) is 15.5.